The second-order valence-electron chi connectivity index (χ2n) is 2.54. The van der Waals surface area contributed by atoms with E-state index in [9.17, 15) is 0 Å². The first kappa shape index (κ1) is 7.42. The Morgan fingerprint density at radius 2 is 2.22 bits per heavy atom. The molecule has 0 aliphatic carbocycles. The van der Waals surface area contributed by atoms with E-state index in [0.29, 0.717) is 0 Å². The lowest BCUT2D eigenvalue weighted by molar-refractivity contribution is 0.703. The molecule has 54 valence electrons. The molecule has 9 heavy (non-hydrogen) atoms. The zero-order chi connectivity index (χ0) is 6.53. The Morgan fingerprint density at radius 3 is 3.00 bits per heavy atom. The molecule has 0 amide bonds. The molecule has 1 saturated heterocycles. The summed E-state index contributed by atoms with van der Waals surface area (Å²) in [5, 5.41) is 4.33. The first-order chi connectivity index (χ1) is 4.43. The topological polar surface area (TPSA) is 12.0 Å². The molecule has 0 aromatic rings. The van der Waals surface area contributed by atoms with Crippen molar-refractivity contribution in [3.63, 3.8) is 0 Å². The number of rotatable bonds is 1. The molecule has 1 nitrogen and oxygen atoms in total. The highest BCUT2D eigenvalue weighted by Crippen LogP contribution is 2.17. The van der Waals surface area contributed by atoms with Crippen molar-refractivity contribution in [2.24, 2.45) is 0 Å². The molecule has 1 rings (SSSR count). The predicted octanol–water partition coefficient (Wildman–Crippen LogP) is 1.49. The summed E-state index contributed by atoms with van der Waals surface area (Å²) in [6.45, 7) is 2.46. The van der Waals surface area contributed by atoms with Gasteiger partial charge in [-0.2, -0.15) is 11.8 Å². The Hall–Kier alpha value is 0.310. The van der Waals surface area contributed by atoms with Gasteiger partial charge in [0.25, 0.3) is 0 Å². The molecule has 0 aromatic carbocycles. The van der Waals surface area contributed by atoms with Gasteiger partial charge in [-0.25, -0.2) is 0 Å². The van der Waals surface area contributed by atoms with Gasteiger partial charge in [-0.3, -0.25) is 0 Å². The van der Waals surface area contributed by atoms with Crippen LogP contribution in [0.25, 0.3) is 0 Å². The Kier molecular flexibility index (Phi) is 3.44. The van der Waals surface area contributed by atoms with Crippen LogP contribution < -0.4 is 5.32 Å². The summed E-state index contributed by atoms with van der Waals surface area (Å²) in [5.74, 6) is 0. The van der Waals surface area contributed by atoms with Gasteiger partial charge < -0.3 is 5.32 Å². The van der Waals surface area contributed by atoms with Crippen LogP contribution in [-0.2, 0) is 0 Å². The second kappa shape index (κ2) is 4.18. The van der Waals surface area contributed by atoms with E-state index in [1.807, 2.05) is 11.8 Å². The fraction of sp³-hybridized carbons (Fsp3) is 1.00. The number of hydrogen-bond acceptors (Lipinski definition) is 2. The largest absolute Gasteiger partial charge is 0.317 e. The summed E-state index contributed by atoms with van der Waals surface area (Å²) in [4.78, 5) is 0. The van der Waals surface area contributed by atoms with E-state index in [1.54, 1.807) is 0 Å². The quantitative estimate of drug-likeness (QED) is 0.600. The Morgan fingerprint density at radius 1 is 1.33 bits per heavy atom. The van der Waals surface area contributed by atoms with Crippen molar-refractivity contribution in [3.05, 3.63) is 0 Å². The molecule has 1 fully saturated rings. The summed E-state index contributed by atoms with van der Waals surface area (Å²) < 4.78 is 0. The molecule has 0 saturated carbocycles. The minimum absolute atomic E-state index is 0.931. The van der Waals surface area contributed by atoms with Crippen LogP contribution in [0.2, 0.25) is 0 Å². The van der Waals surface area contributed by atoms with E-state index in [2.05, 4.69) is 11.6 Å². The van der Waals surface area contributed by atoms with E-state index in [-0.39, 0.29) is 0 Å². The van der Waals surface area contributed by atoms with Gasteiger partial charge >= 0.3 is 0 Å². The number of nitrogens with one attached hydrogen (secondary N) is 1. The van der Waals surface area contributed by atoms with Crippen LogP contribution in [0.5, 0.6) is 0 Å². The summed E-state index contributed by atoms with van der Waals surface area (Å²) >= 11 is 2.02. The van der Waals surface area contributed by atoms with Gasteiger partial charge in [-0.05, 0) is 38.6 Å². The lowest BCUT2D eigenvalue weighted by Crippen LogP contribution is -2.14. The van der Waals surface area contributed by atoms with Gasteiger partial charge in [0.05, 0.1) is 0 Å². The summed E-state index contributed by atoms with van der Waals surface area (Å²) in [6.07, 6.45) is 6.36. The van der Waals surface area contributed by atoms with Crippen molar-refractivity contribution in [1.29, 1.82) is 0 Å². The third kappa shape index (κ3) is 2.59. The van der Waals surface area contributed by atoms with Crippen LogP contribution in [0.15, 0.2) is 0 Å². The maximum atomic E-state index is 3.40. The van der Waals surface area contributed by atoms with Crippen molar-refractivity contribution in [1.82, 2.24) is 5.32 Å². The monoisotopic (exact) mass is 145 g/mol. The van der Waals surface area contributed by atoms with E-state index >= 15 is 0 Å². The standard InChI is InChI=1S/C7H15NS/c1-9-7-3-2-5-8-6-4-7/h7-8H,2-6H2,1H3/t7-/m1/s1. The van der Waals surface area contributed by atoms with Gasteiger partial charge in [0.2, 0.25) is 0 Å². The highest BCUT2D eigenvalue weighted by molar-refractivity contribution is 7.99. The molecule has 1 atom stereocenters. The molecule has 1 heterocycles. The lowest BCUT2D eigenvalue weighted by atomic mass is 10.2. The normalized spacial score (nSPS) is 29.7. The number of hydrogen-bond donors (Lipinski definition) is 1. The number of thioether (sulfide) groups is 1. The van der Waals surface area contributed by atoms with Gasteiger partial charge in [0.15, 0.2) is 0 Å². The first-order valence-corrected chi connectivity index (χ1v) is 4.96. The third-order valence-electron chi connectivity index (χ3n) is 1.86. The molecule has 1 aliphatic heterocycles. The van der Waals surface area contributed by atoms with Crippen molar-refractivity contribution in [2.45, 2.75) is 24.5 Å². The smallest absolute Gasteiger partial charge is 0.00568 e. The fourth-order valence-corrected chi connectivity index (χ4v) is 1.98. The van der Waals surface area contributed by atoms with Gasteiger partial charge in [0.1, 0.15) is 0 Å². The van der Waals surface area contributed by atoms with E-state index in [0.717, 1.165) is 5.25 Å². The third-order valence-corrected chi connectivity index (χ3v) is 2.99. The molecular weight excluding hydrogens is 130 g/mol. The minimum atomic E-state index is 0.931. The summed E-state index contributed by atoms with van der Waals surface area (Å²) in [7, 11) is 0. The average molecular weight is 145 g/mol. The first-order valence-electron chi connectivity index (χ1n) is 3.67. The zero-order valence-corrected chi connectivity index (χ0v) is 6.84. The van der Waals surface area contributed by atoms with E-state index < -0.39 is 0 Å². The molecule has 0 unspecified atom stereocenters. The Balaban J connectivity index is 2.18. The van der Waals surface area contributed by atoms with Gasteiger partial charge in [-0.1, -0.05) is 0 Å². The highest BCUT2D eigenvalue weighted by Gasteiger charge is 2.08. The van der Waals surface area contributed by atoms with Crippen molar-refractivity contribution >= 4 is 11.8 Å². The van der Waals surface area contributed by atoms with Crippen molar-refractivity contribution in [3.8, 4) is 0 Å². The fourth-order valence-electron chi connectivity index (χ4n) is 1.22. The lowest BCUT2D eigenvalue weighted by Gasteiger charge is -2.07. The van der Waals surface area contributed by atoms with Crippen molar-refractivity contribution in [2.75, 3.05) is 19.3 Å². The maximum Gasteiger partial charge on any atom is 0.00568 e. The van der Waals surface area contributed by atoms with Crippen LogP contribution in [0.3, 0.4) is 0 Å². The molecule has 2 heteroatoms. The summed E-state index contributed by atoms with van der Waals surface area (Å²) in [6, 6.07) is 0. The van der Waals surface area contributed by atoms with Crippen LogP contribution in [0, 0.1) is 0 Å². The Labute approximate surface area is 61.6 Å². The Bertz CT molecular complexity index is 67.3. The average Bonchev–Trinajstić information content (AvgIpc) is 2.13. The molecular formula is C7H15NS. The molecule has 0 aromatic heterocycles. The maximum absolute atomic E-state index is 3.40. The van der Waals surface area contributed by atoms with Gasteiger partial charge in [0, 0.05) is 5.25 Å². The SMILES string of the molecule is CS[C@@H]1CCCNCC1. The zero-order valence-electron chi connectivity index (χ0n) is 6.02. The van der Waals surface area contributed by atoms with Crippen molar-refractivity contribution < 1.29 is 0 Å². The highest BCUT2D eigenvalue weighted by atomic mass is 32.2. The molecule has 0 spiro atoms. The molecule has 1 N–H and O–H groups in total. The van der Waals surface area contributed by atoms with Gasteiger partial charge in [-0.15, -0.1) is 0 Å². The van der Waals surface area contributed by atoms with E-state index in [4.69, 9.17) is 0 Å². The van der Waals surface area contributed by atoms with Crippen LogP contribution >= 0.6 is 11.8 Å². The predicted molar refractivity (Wildman–Crippen MR) is 44.0 cm³/mol. The van der Waals surface area contributed by atoms with Crippen LogP contribution in [0.1, 0.15) is 19.3 Å². The molecule has 1 aliphatic rings. The summed E-state index contributed by atoms with van der Waals surface area (Å²) in [5.41, 5.74) is 0. The van der Waals surface area contributed by atoms with Crippen LogP contribution in [-0.4, -0.2) is 24.6 Å². The molecule has 0 radical (unpaired) electrons. The van der Waals surface area contributed by atoms with E-state index in [1.165, 1.54) is 32.4 Å². The van der Waals surface area contributed by atoms with Crippen LogP contribution in [0.4, 0.5) is 0 Å². The minimum Gasteiger partial charge on any atom is -0.317 e. The molecule has 0 bridgehead atoms. The second-order valence-corrected chi connectivity index (χ2v) is 3.68.